The highest BCUT2D eigenvalue weighted by atomic mass is 16.3. The van der Waals surface area contributed by atoms with Gasteiger partial charge < -0.3 is 14.9 Å². The maximum atomic E-state index is 12.5. The predicted octanol–water partition coefficient (Wildman–Crippen LogP) is 2.47. The largest absolute Gasteiger partial charge is 0.395 e. The molecule has 1 aliphatic rings. The molecule has 0 aromatic rings. The van der Waals surface area contributed by atoms with Crippen molar-refractivity contribution in [2.75, 3.05) is 26.2 Å². The summed E-state index contributed by atoms with van der Waals surface area (Å²) in [6.45, 7) is 6.47. The topological polar surface area (TPSA) is 43.8 Å². The van der Waals surface area contributed by atoms with Crippen LogP contribution >= 0.6 is 0 Å². The zero-order valence-corrected chi connectivity index (χ0v) is 11.9. The van der Waals surface area contributed by atoms with Gasteiger partial charge in [0.1, 0.15) is 0 Å². The van der Waals surface area contributed by atoms with Crippen molar-refractivity contribution in [2.45, 2.75) is 58.4 Å². The number of urea groups is 1. The third kappa shape index (κ3) is 4.16. The van der Waals surface area contributed by atoms with Crippen LogP contribution in [0.1, 0.15) is 52.4 Å². The van der Waals surface area contributed by atoms with Crippen molar-refractivity contribution < 1.29 is 9.90 Å². The van der Waals surface area contributed by atoms with E-state index in [4.69, 9.17) is 5.11 Å². The van der Waals surface area contributed by atoms with Crippen molar-refractivity contribution in [2.24, 2.45) is 0 Å². The second-order valence-corrected chi connectivity index (χ2v) is 5.07. The van der Waals surface area contributed by atoms with E-state index in [1.54, 1.807) is 0 Å². The summed E-state index contributed by atoms with van der Waals surface area (Å²) < 4.78 is 0. The molecule has 1 rings (SSSR count). The van der Waals surface area contributed by atoms with E-state index in [1.807, 2.05) is 9.80 Å². The lowest BCUT2D eigenvalue weighted by atomic mass is 10.1. The van der Waals surface area contributed by atoms with Crippen LogP contribution in [-0.2, 0) is 0 Å². The Bertz CT molecular complexity index is 234. The van der Waals surface area contributed by atoms with E-state index in [9.17, 15) is 4.79 Å². The summed E-state index contributed by atoms with van der Waals surface area (Å²) in [5.74, 6) is 0. The normalized spacial score (nSPS) is 16.8. The van der Waals surface area contributed by atoms with Crippen LogP contribution in [0.15, 0.2) is 0 Å². The minimum atomic E-state index is 0.0517. The number of carbonyl (C=O) groups is 1. The first-order valence-corrected chi connectivity index (χ1v) is 7.41. The lowest BCUT2D eigenvalue weighted by Crippen LogP contribution is -2.49. The molecule has 1 heterocycles. The molecule has 4 heteroatoms. The number of aliphatic hydroxyl groups is 1. The summed E-state index contributed by atoms with van der Waals surface area (Å²) >= 11 is 0. The van der Waals surface area contributed by atoms with E-state index in [0.29, 0.717) is 6.54 Å². The van der Waals surface area contributed by atoms with Gasteiger partial charge >= 0.3 is 6.03 Å². The van der Waals surface area contributed by atoms with Gasteiger partial charge in [0.25, 0.3) is 0 Å². The van der Waals surface area contributed by atoms with Crippen LogP contribution < -0.4 is 0 Å². The van der Waals surface area contributed by atoms with Crippen LogP contribution in [0.4, 0.5) is 4.79 Å². The van der Waals surface area contributed by atoms with Gasteiger partial charge in [-0.2, -0.15) is 0 Å². The smallest absolute Gasteiger partial charge is 0.320 e. The average Bonchev–Trinajstić information content (AvgIpc) is 2.67. The molecule has 18 heavy (non-hydrogen) atoms. The highest BCUT2D eigenvalue weighted by Crippen LogP contribution is 2.15. The molecule has 106 valence electrons. The van der Waals surface area contributed by atoms with E-state index in [2.05, 4.69) is 13.8 Å². The van der Waals surface area contributed by atoms with Gasteiger partial charge in [-0.3, -0.25) is 0 Å². The molecule has 0 aromatic carbocycles. The van der Waals surface area contributed by atoms with Crippen molar-refractivity contribution in [3.8, 4) is 0 Å². The Balaban J connectivity index is 2.67. The highest BCUT2D eigenvalue weighted by Gasteiger charge is 2.25. The van der Waals surface area contributed by atoms with E-state index < -0.39 is 0 Å². The molecule has 1 aliphatic heterocycles. The number of likely N-dealkylation sites (tertiary alicyclic amines) is 1. The second-order valence-electron chi connectivity index (χ2n) is 5.07. The van der Waals surface area contributed by atoms with E-state index in [-0.39, 0.29) is 18.7 Å². The first kappa shape index (κ1) is 15.3. The SMILES string of the molecule is CCC(CC)N(CCO)C(=O)N1CCCCCC1. The van der Waals surface area contributed by atoms with E-state index >= 15 is 0 Å². The van der Waals surface area contributed by atoms with Crippen LogP contribution in [0.2, 0.25) is 0 Å². The first-order chi connectivity index (χ1) is 8.74. The Morgan fingerprint density at radius 3 is 2.17 bits per heavy atom. The number of rotatable bonds is 5. The van der Waals surface area contributed by atoms with E-state index in [0.717, 1.165) is 38.8 Å². The van der Waals surface area contributed by atoms with Crippen LogP contribution in [0.5, 0.6) is 0 Å². The lowest BCUT2D eigenvalue weighted by molar-refractivity contribution is 0.116. The molecule has 4 nitrogen and oxygen atoms in total. The summed E-state index contributed by atoms with van der Waals surface area (Å²) in [7, 11) is 0. The van der Waals surface area contributed by atoms with Crippen LogP contribution in [0.3, 0.4) is 0 Å². The Kier molecular flexibility index (Phi) is 7.09. The third-order valence-corrected chi connectivity index (χ3v) is 3.85. The maximum absolute atomic E-state index is 12.5. The van der Waals surface area contributed by atoms with Crippen molar-refractivity contribution in [3.63, 3.8) is 0 Å². The molecule has 2 amide bonds. The van der Waals surface area contributed by atoms with Crippen LogP contribution in [0.25, 0.3) is 0 Å². The zero-order chi connectivity index (χ0) is 13.4. The fourth-order valence-electron chi connectivity index (χ4n) is 2.72. The van der Waals surface area contributed by atoms with Crippen molar-refractivity contribution in [1.82, 2.24) is 9.80 Å². The minimum absolute atomic E-state index is 0.0517. The summed E-state index contributed by atoms with van der Waals surface area (Å²) in [5, 5.41) is 9.17. The molecule has 0 aliphatic carbocycles. The first-order valence-electron chi connectivity index (χ1n) is 7.41. The number of aliphatic hydroxyl groups excluding tert-OH is 1. The average molecular weight is 256 g/mol. The molecule has 1 saturated heterocycles. The highest BCUT2D eigenvalue weighted by molar-refractivity contribution is 5.74. The fraction of sp³-hybridized carbons (Fsp3) is 0.929. The van der Waals surface area contributed by atoms with Crippen LogP contribution in [-0.4, -0.2) is 53.2 Å². The molecule has 0 spiro atoms. The number of carbonyl (C=O) groups excluding carboxylic acids is 1. The van der Waals surface area contributed by atoms with Gasteiger partial charge in [0, 0.05) is 25.7 Å². The lowest BCUT2D eigenvalue weighted by Gasteiger charge is -2.34. The summed E-state index contributed by atoms with van der Waals surface area (Å²) in [5.41, 5.74) is 0. The summed E-state index contributed by atoms with van der Waals surface area (Å²) in [6, 6.07) is 0.382. The van der Waals surface area contributed by atoms with Gasteiger partial charge in [0.05, 0.1) is 6.61 Å². The molecule has 0 bridgehead atoms. The van der Waals surface area contributed by atoms with Gasteiger partial charge in [-0.25, -0.2) is 4.79 Å². The summed E-state index contributed by atoms with van der Waals surface area (Å²) in [4.78, 5) is 16.4. The van der Waals surface area contributed by atoms with Crippen molar-refractivity contribution >= 4 is 6.03 Å². The maximum Gasteiger partial charge on any atom is 0.320 e. The Labute approximate surface area is 111 Å². The van der Waals surface area contributed by atoms with Gasteiger partial charge in [-0.05, 0) is 25.7 Å². The summed E-state index contributed by atoms with van der Waals surface area (Å²) in [6.07, 6.45) is 6.60. The number of nitrogens with zero attached hydrogens (tertiary/aromatic N) is 2. The van der Waals surface area contributed by atoms with Crippen molar-refractivity contribution in [1.29, 1.82) is 0 Å². The predicted molar refractivity (Wildman–Crippen MR) is 73.6 cm³/mol. The second kappa shape index (κ2) is 8.35. The molecule has 1 fully saturated rings. The number of hydrogen-bond acceptors (Lipinski definition) is 2. The molecular weight excluding hydrogens is 228 g/mol. The number of amides is 2. The monoisotopic (exact) mass is 256 g/mol. The third-order valence-electron chi connectivity index (χ3n) is 3.85. The van der Waals surface area contributed by atoms with Gasteiger partial charge in [-0.15, -0.1) is 0 Å². The Hall–Kier alpha value is -0.770. The van der Waals surface area contributed by atoms with Crippen molar-refractivity contribution in [3.05, 3.63) is 0 Å². The van der Waals surface area contributed by atoms with E-state index in [1.165, 1.54) is 12.8 Å². The molecular formula is C14H28N2O2. The number of hydrogen-bond donors (Lipinski definition) is 1. The van der Waals surface area contributed by atoms with Crippen LogP contribution in [0, 0.1) is 0 Å². The standard InChI is InChI=1S/C14H28N2O2/c1-3-13(4-2)16(11-12-17)14(18)15-9-7-5-6-8-10-15/h13,17H,3-12H2,1-2H3. The fourth-order valence-corrected chi connectivity index (χ4v) is 2.72. The molecule has 1 N–H and O–H groups in total. The van der Waals surface area contributed by atoms with Gasteiger partial charge in [-0.1, -0.05) is 26.7 Å². The Morgan fingerprint density at radius 1 is 1.17 bits per heavy atom. The quantitative estimate of drug-likeness (QED) is 0.821. The molecule has 0 aromatic heterocycles. The zero-order valence-electron chi connectivity index (χ0n) is 11.9. The minimum Gasteiger partial charge on any atom is -0.395 e. The molecule has 0 unspecified atom stereocenters. The molecule has 0 atom stereocenters. The molecule has 0 radical (unpaired) electrons. The molecule has 0 saturated carbocycles. The Morgan fingerprint density at radius 2 is 1.72 bits per heavy atom. The van der Waals surface area contributed by atoms with Gasteiger partial charge in [0.2, 0.25) is 0 Å². The van der Waals surface area contributed by atoms with Gasteiger partial charge in [0.15, 0.2) is 0 Å².